The van der Waals surface area contributed by atoms with Crippen molar-refractivity contribution in [2.75, 3.05) is 25.4 Å². The summed E-state index contributed by atoms with van der Waals surface area (Å²) in [4.78, 5) is 50.4. The van der Waals surface area contributed by atoms with E-state index in [2.05, 4.69) is 20.3 Å². The first-order chi connectivity index (χ1) is 20.2. The second-order valence-corrected chi connectivity index (χ2v) is 10.4. The Bertz CT molecular complexity index is 1450. The summed E-state index contributed by atoms with van der Waals surface area (Å²) in [6, 6.07) is 5.53. The smallest absolute Gasteiger partial charge is 0.410 e. The SMILES string of the molecule is Nc1nc(CC2CCN(C(=O)Oc3cccc([N+](=O)[O-])c3)CC2)nc2c1ncn2CO[C@H](C(=O)NC1CC1)[C@H](O)CO. The minimum absolute atomic E-state index is 0.0593. The molecule has 1 saturated heterocycles. The lowest BCUT2D eigenvalue weighted by molar-refractivity contribution is -0.384. The van der Waals surface area contributed by atoms with Crippen molar-refractivity contribution in [2.24, 2.45) is 5.92 Å². The van der Waals surface area contributed by atoms with Crippen LogP contribution in [0.15, 0.2) is 30.6 Å². The number of nitrogen functional groups attached to an aromatic ring is 1. The maximum Gasteiger partial charge on any atom is 0.415 e. The van der Waals surface area contributed by atoms with E-state index >= 15 is 0 Å². The maximum absolute atomic E-state index is 12.6. The Morgan fingerprint density at radius 2 is 1.98 bits per heavy atom. The van der Waals surface area contributed by atoms with Crippen molar-refractivity contribution in [1.29, 1.82) is 0 Å². The highest BCUT2D eigenvalue weighted by molar-refractivity contribution is 5.82. The van der Waals surface area contributed by atoms with E-state index in [1.54, 1.807) is 9.47 Å². The van der Waals surface area contributed by atoms with Crippen LogP contribution in [0, 0.1) is 16.0 Å². The number of imidazole rings is 1. The number of carbonyl (C=O) groups is 2. The highest BCUT2D eigenvalue weighted by atomic mass is 16.6. The summed E-state index contributed by atoms with van der Waals surface area (Å²) in [5.74, 6) is 0.433. The zero-order chi connectivity index (χ0) is 29.8. The highest BCUT2D eigenvalue weighted by Crippen LogP contribution is 2.25. The molecule has 42 heavy (non-hydrogen) atoms. The largest absolute Gasteiger partial charge is 0.415 e. The van der Waals surface area contributed by atoms with Crippen LogP contribution < -0.4 is 15.8 Å². The van der Waals surface area contributed by atoms with Gasteiger partial charge in [-0.2, -0.15) is 0 Å². The number of aliphatic hydroxyl groups excluding tert-OH is 2. The summed E-state index contributed by atoms with van der Waals surface area (Å²) in [6.45, 7) is 0.0497. The number of aromatic nitrogens is 4. The van der Waals surface area contributed by atoms with Crippen molar-refractivity contribution in [2.45, 2.75) is 57.1 Å². The van der Waals surface area contributed by atoms with Gasteiger partial charge in [0.15, 0.2) is 17.6 Å². The number of piperidine rings is 1. The van der Waals surface area contributed by atoms with E-state index in [-0.39, 0.29) is 35.9 Å². The average Bonchev–Trinajstić information content (AvgIpc) is 3.70. The molecule has 1 saturated carbocycles. The van der Waals surface area contributed by atoms with Gasteiger partial charge in [0.2, 0.25) is 0 Å². The summed E-state index contributed by atoms with van der Waals surface area (Å²) in [7, 11) is 0. The molecule has 2 fully saturated rings. The van der Waals surface area contributed by atoms with E-state index in [4.69, 9.17) is 15.2 Å². The van der Waals surface area contributed by atoms with Gasteiger partial charge in [-0.3, -0.25) is 19.5 Å². The average molecular weight is 585 g/mol. The Morgan fingerprint density at radius 1 is 1.21 bits per heavy atom. The molecule has 1 aromatic carbocycles. The molecule has 0 unspecified atom stereocenters. The van der Waals surface area contributed by atoms with Gasteiger partial charge in [0.25, 0.3) is 11.6 Å². The maximum atomic E-state index is 12.6. The Labute approximate surface area is 239 Å². The third-order valence-electron chi connectivity index (χ3n) is 7.23. The quantitative estimate of drug-likeness (QED) is 0.181. The lowest BCUT2D eigenvalue weighted by Gasteiger charge is -2.30. The van der Waals surface area contributed by atoms with Gasteiger partial charge in [0.1, 0.15) is 29.9 Å². The summed E-state index contributed by atoms with van der Waals surface area (Å²) in [5.41, 5.74) is 6.76. The predicted octanol–water partition coefficient (Wildman–Crippen LogP) is 0.745. The number of rotatable bonds is 11. The van der Waals surface area contributed by atoms with Crippen molar-refractivity contribution in [1.82, 2.24) is 29.7 Å². The van der Waals surface area contributed by atoms with E-state index in [0.29, 0.717) is 49.3 Å². The van der Waals surface area contributed by atoms with E-state index < -0.39 is 35.7 Å². The summed E-state index contributed by atoms with van der Waals surface area (Å²) >= 11 is 0. The number of anilines is 1. The number of carbonyl (C=O) groups excluding carboxylic acids is 2. The number of benzene rings is 1. The molecule has 3 aromatic rings. The number of nitrogens with two attached hydrogens (primary N) is 1. The van der Waals surface area contributed by atoms with Crippen molar-refractivity contribution in [3.63, 3.8) is 0 Å². The third kappa shape index (κ3) is 6.89. The van der Waals surface area contributed by atoms with E-state index in [0.717, 1.165) is 12.8 Å². The van der Waals surface area contributed by atoms with Gasteiger partial charge in [-0.1, -0.05) is 6.07 Å². The van der Waals surface area contributed by atoms with Gasteiger partial charge < -0.3 is 35.6 Å². The molecule has 2 amide bonds. The molecule has 16 nitrogen and oxygen atoms in total. The van der Waals surface area contributed by atoms with Crippen LogP contribution in [0.5, 0.6) is 5.75 Å². The lowest BCUT2D eigenvalue weighted by Crippen LogP contribution is -2.46. The number of nitro groups is 1. The van der Waals surface area contributed by atoms with Crippen molar-refractivity contribution in [3.8, 4) is 5.75 Å². The van der Waals surface area contributed by atoms with Gasteiger partial charge in [-0.25, -0.2) is 19.7 Å². The molecular weight excluding hydrogens is 552 g/mol. The van der Waals surface area contributed by atoms with Crippen LogP contribution in [-0.2, 0) is 22.7 Å². The minimum atomic E-state index is -1.40. The first-order valence-electron chi connectivity index (χ1n) is 13.6. The second-order valence-electron chi connectivity index (χ2n) is 10.4. The number of fused-ring (bicyclic) bond motifs is 1. The number of amides is 2. The molecule has 16 heteroatoms. The van der Waals surface area contributed by atoms with Crippen LogP contribution in [-0.4, -0.2) is 89.5 Å². The predicted molar refractivity (Wildman–Crippen MR) is 146 cm³/mol. The van der Waals surface area contributed by atoms with Gasteiger partial charge in [0.05, 0.1) is 23.9 Å². The Morgan fingerprint density at radius 3 is 2.67 bits per heavy atom. The van der Waals surface area contributed by atoms with E-state index in [1.807, 2.05) is 0 Å². The van der Waals surface area contributed by atoms with E-state index in [9.17, 15) is 29.9 Å². The molecule has 5 N–H and O–H groups in total. The first-order valence-corrected chi connectivity index (χ1v) is 13.6. The van der Waals surface area contributed by atoms with E-state index in [1.165, 1.54) is 30.6 Å². The van der Waals surface area contributed by atoms with Crippen LogP contribution in [0.3, 0.4) is 0 Å². The molecule has 0 radical (unpaired) electrons. The van der Waals surface area contributed by atoms with Gasteiger partial charge in [-0.15, -0.1) is 0 Å². The number of aliphatic hydroxyl groups is 2. The Kier molecular flexibility index (Phi) is 8.75. The molecule has 1 aliphatic carbocycles. The van der Waals surface area contributed by atoms with Crippen molar-refractivity contribution in [3.05, 3.63) is 46.5 Å². The van der Waals surface area contributed by atoms with Crippen LogP contribution in [0.1, 0.15) is 31.5 Å². The number of ether oxygens (including phenoxy) is 2. The molecule has 5 rings (SSSR count). The highest BCUT2D eigenvalue weighted by Gasteiger charge is 2.32. The van der Waals surface area contributed by atoms with Crippen molar-refractivity contribution < 1.29 is 34.2 Å². The fraction of sp³-hybridized carbons (Fsp3) is 0.500. The fourth-order valence-corrected chi connectivity index (χ4v) is 4.73. The molecule has 3 heterocycles. The van der Waals surface area contributed by atoms with Crippen LogP contribution >= 0.6 is 0 Å². The minimum Gasteiger partial charge on any atom is -0.410 e. The van der Waals surface area contributed by atoms with Gasteiger partial charge >= 0.3 is 6.09 Å². The number of non-ortho nitro benzene ring substituents is 1. The Balaban J connectivity index is 1.19. The van der Waals surface area contributed by atoms with Crippen LogP contribution in [0.4, 0.5) is 16.3 Å². The fourth-order valence-electron chi connectivity index (χ4n) is 4.73. The molecule has 0 spiro atoms. The van der Waals surface area contributed by atoms with Gasteiger partial charge in [0, 0.05) is 31.6 Å². The number of nitrogens with zero attached hydrogens (tertiary/aromatic N) is 6. The number of nitrogens with one attached hydrogen (secondary N) is 1. The first kappa shape index (κ1) is 29.1. The number of likely N-dealkylation sites (tertiary alicyclic amines) is 1. The number of nitro benzene ring substituents is 1. The standard InChI is InChI=1S/C26H32N8O8/c27-23-21-24(33(13-28-21)14-41-22(19(36)12-35)25(37)29-16-4-5-16)31-20(30-23)10-15-6-8-32(9-7-15)26(38)42-18-3-1-2-17(11-18)34(39)40/h1-3,11,13,15-16,19,22,35-36H,4-10,12,14H2,(H,29,37)(H2,27,30,31)/t19-,22+/m1/s1. The van der Waals surface area contributed by atoms with Crippen LogP contribution in [0.25, 0.3) is 11.2 Å². The molecule has 2 aromatic heterocycles. The molecular formula is C26H32N8O8. The van der Waals surface area contributed by atoms with Crippen molar-refractivity contribution >= 4 is 34.7 Å². The molecule has 1 aliphatic heterocycles. The normalized spacial score (nSPS) is 17.1. The topological polar surface area (TPSA) is 221 Å². The molecule has 224 valence electrons. The summed E-state index contributed by atoms with van der Waals surface area (Å²) in [5, 5.41) is 33.2. The molecule has 2 atom stereocenters. The summed E-state index contributed by atoms with van der Waals surface area (Å²) in [6.07, 6.45) is 1.74. The van der Waals surface area contributed by atoms with Gasteiger partial charge in [-0.05, 0) is 37.7 Å². The monoisotopic (exact) mass is 584 g/mol. The second kappa shape index (κ2) is 12.6. The summed E-state index contributed by atoms with van der Waals surface area (Å²) < 4.78 is 12.6. The zero-order valence-electron chi connectivity index (χ0n) is 22.7. The molecule has 0 bridgehead atoms. The zero-order valence-corrected chi connectivity index (χ0v) is 22.7. The molecule has 2 aliphatic rings. The number of hydrogen-bond acceptors (Lipinski definition) is 12. The Hall–Kier alpha value is -4.41. The number of hydrogen-bond donors (Lipinski definition) is 4. The third-order valence-corrected chi connectivity index (χ3v) is 7.23. The lowest BCUT2D eigenvalue weighted by atomic mass is 9.93. The van der Waals surface area contributed by atoms with Crippen LogP contribution in [0.2, 0.25) is 0 Å².